The summed E-state index contributed by atoms with van der Waals surface area (Å²) in [6.45, 7) is 9.44. The Hall–Kier alpha value is -1.33. The van der Waals surface area contributed by atoms with Crippen molar-refractivity contribution in [1.82, 2.24) is 19.9 Å². The van der Waals surface area contributed by atoms with E-state index >= 15 is 4.39 Å². The van der Waals surface area contributed by atoms with Crippen LogP contribution in [-0.4, -0.2) is 93.9 Å². The number of unbranched alkanes of at least 4 members (excludes halogenated alkanes) is 3. The van der Waals surface area contributed by atoms with Crippen molar-refractivity contribution in [2.45, 2.75) is 123 Å². The van der Waals surface area contributed by atoms with Gasteiger partial charge in [-0.25, -0.2) is 0 Å². The number of fused-ring (bicyclic) bond motifs is 2. The van der Waals surface area contributed by atoms with Gasteiger partial charge in [0.05, 0.1) is 0 Å². The molecule has 0 aromatic carbocycles. The third-order valence-corrected chi connectivity index (χ3v) is 25.2. The molecule has 7 nitrogen and oxygen atoms in total. The third kappa shape index (κ3) is 6.67. The second-order valence-corrected chi connectivity index (χ2v) is 26.2. The molecule has 0 aliphatic carbocycles. The molecule has 0 spiro atoms. The summed E-state index contributed by atoms with van der Waals surface area (Å²) >= 11 is -3.21. The molecule has 3 atom stereocenters. The Balaban J connectivity index is 1.58. The molecule has 42 heavy (non-hydrogen) atoms. The van der Waals surface area contributed by atoms with Crippen LogP contribution in [0.15, 0.2) is 6.20 Å². The molecular formula is C32H51F2N5O2Sn. The zero-order valence-corrected chi connectivity index (χ0v) is 28.9. The van der Waals surface area contributed by atoms with Gasteiger partial charge in [0.1, 0.15) is 0 Å². The number of β-amino-alcohol motifs (C(OH)–C–C–N with tert-alkyl or cyclic N) is 1. The van der Waals surface area contributed by atoms with Gasteiger partial charge in [0.25, 0.3) is 0 Å². The maximum atomic E-state index is 17.0. The summed E-state index contributed by atoms with van der Waals surface area (Å²) in [5.74, 6) is 0.307. The molecule has 1 N–H and O–H groups in total. The van der Waals surface area contributed by atoms with Crippen molar-refractivity contribution in [3.63, 3.8) is 0 Å². The van der Waals surface area contributed by atoms with Crippen molar-refractivity contribution >= 4 is 38.8 Å². The molecule has 2 aromatic heterocycles. The fraction of sp³-hybridized carbons (Fsp3) is 0.781. The minimum absolute atomic E-state index is 0.147. The van der Waals surface area contributed by atoms with Crippen LogP contribution < -0.4 is 13.3 Å². The second-order valence-electron chi connectivity index (χ2n) is 13.2. The van der Waals surface area contributed by atoms with Gasteiger partial charge in [0.2, 0.25) is 0 Å². The predicted octanol–water partition coefficient (Wildman–Crippen LogP) is 6.14. The van der Waals surface area contributed by atoms with Crippen LogP contribution in [0.5, 0.6) is 6.01 Å². The topological polar surface area (TPSA) is 74.6 Å². The minimum atomic E-state index is -3.21. The summed E-state index contributed by atoms with van der Waals surface area (Å²) in [5.41, 5.74) is -0.0473. The molecule has 1 unspecified atom stereocenters. The first-order valence-corrected chi connectivity index (χ1v) is 24.1. The zero-order chi connectivity index (χ0) is 29.7. The Morgan fingerprint density at radius 2 is 1.74 bits per heavy atom. The number of halogens is 2. The number of hydrogen-bond acceptors (Lipinski definition) is 7. The van der Waals surface area contributed by atoms with Crippen LogP contribution in [0.25, 0.3) is 10.9 Å². The van der Waals surface area contributed by atoms with Gasteiger partial charge in [0.15, 0.2) is 0 Å². The van der Waals surface area contributed by atoms with E-state index in [9.17, 15) is 9.50 Å². The van der Waals surface area contributed by atoms with Crippen molar-refractivity contribution in [2.24, 2.45) is 0 Å². The van der Waals surface area contributed by atoms with Crippen LogP contribution >= 0.6 is 0 Å². The first kappa shape index (κ1) is 32.1. The molecule has 3 fully saturated rings. The summed E-state index contributed by atoms with van der Waals surface area (Å²) < 4.78 is 41.8. The average molecular weight is 694 g/mol. The average Bonchev–Trinajstić information content (AvgIpc) is 3.52. The van der Waals surface area contributed by atoms with Gasteiger partial charge < -0.3 is 0 Å². The van der Waals surface area contributed by atoms with E-state index in [0.717, 1.165) is 94.3 Å². The van der Waals surface area contributed by atoms with Crippen molar-refractivity contribution in [3.05, 3.63) is 12.0 Å². The number of anilines is 1. The molecule has 5 heterocycles. The number of hydrogen-bond donors (Lipinski definition) is 1. The van der Waals surface area contributed by atoms with Crippen LogP contribution in [0, 0.1) is 5.82 Å². The van der Waals surface area contributed by atoms with E-state index in [-0.39, 0.29) is 17.4 Å². The molecule has 2 aromatic rings. The number of aliphatic hydroxyl groups is 1. The van der Waals surface area contributed by atoms with E-state index in [4.69, 9.17) is 19.7 Å². The number of rotatable bonds is 14. The zero-order valence-electron chi connectivity index (χ0n) is 26.0. The van der Waals surface area contributed by atoms with Crippen LogP contribution in [0.1, 0.15) is 91.4 Å². The monoisotopic (exact) mass is 695 g/mol. The van der Waals surface area contributed by atoms with E-state index in [1.165, 1.54) is 0 Å². The van der Waals surface area contributed by atoms with Crippen molar-refractivity contribution < 1.29 is 18.6 Å². The van der Waals surface area contributed by atoms with E-state index in [1.54, 1.807) is 0 Å². The fourth-order valence-electron chi connectivity index (χ4n) is 7.77. The molecular weight excluding hydrogens is 643 g/mol. The molecule has 5 rings (SSSR count). The van der Waals surface area contributed by atoms with Gasteiger partial charge >= 0.3 is 256 Å². The summed E-state index contributed by atoms with van der Waals surface area (Å²) in [5, 5.41) is 11.1. The first-order chi connectivity index (χ1) is 20.3. The van der Waals surface area contributed by atoms with E-state index in [0.29, 0.717) is 42.8 Å². The Kier molecular flexibility index (Phi) is 10.8. The van der Waals surface area contributed by atoms with Crippen LogP contribution in [0.3, 0.4) is 0 Å². The van der Waals surface area contributed by atoms with Crippen molar-refractivity contribution in [2.75, 3.05) is 37.7 Å². The molecule has 0 bridgehead atoms. The molecule has 234 valence electrons. The molecule has 3 aliphatic rings. The number of nitrogens with zero attached hydrogens (tertiary/aromatic N) is 5. The summed E-state index contributed by atoms with van der Waals surface area (Å²) in [7, 11) is 0. The number of piperidine rings is 1. The van der Waals surface area contributed by atoms with Crippen molar-refractivity contribution in [3.8, 4) is 6.01 Å². The van der Waals surface area contributed by atoms with Gasteiger partial charge in [0, 0.05) is 0 Å². The second kappa shape index (κ2) is 14.2. The summed E-state index contributed by atoms with van der Waals surface area (Å²) in [4.78, 5) is 18.8. The van der Waals surface area contributed by atoms with E-state index in [1.807, 2.05) is 11.1 Å². The molecule has 0 amide bonds. The molecule has 3 aliphatic heterocycles. The van der Waals surface area contributed by atoms with Gasteiger partial charge in [-0.2, -0.15) is 0 Å². The maximum absolute atomic E-state index is 17.0. The van der Waals surface area contributed by atoms with Crippen LogP contribution in [-0.2, 0) is 0 Å². The molecule has 0 radical (unpaired) electrons. The first-order valence-electron chi connectivity index (χ1n) is 16.7. The summed E-state index contributed by atoms with van der Waals surface area (Å²) in [6.07, 6.45) is 11.1. The van der Waals surface area contributed by atoms with E-state index < -0.39 is 30.7 Å². The van der Waals surface area contributed by atoms with Gasteiger partial charge in [-0.3, -0.25) is 0 Å². The fourth-order valence-corrected chi connectivity index (χ4v) is 23.4. The van der Waals surface area contributed by atoms with Gasteiger partial charge in [-0.15, -0.1) is 0 Å². The number of alkyl halides is 1. The number of ether oxygens (including phenoxy) is 1. The normalized spacial score (nSPS) is 25.0. The summed E-state index contributed by atoms with van der Waals surface area (Å²) in [6, 6.07) is 0.147. The van der Waals surface area contributed by atoms with Crippen molar-refractivity contribution in [1.29, 1.82) is 0 Å². The standard InChI is InChI=1S/C20H24F2N5O2.3C4H9.Sn/c21-13-7-20(4-2-6-27(20)10-13)12-29-19-24-17-15(8-23-9-16(17)22)18(25-19)26-5-1-3-14(28)11-26;3*1-3-4-2;/h8,13-14,28H,1-7,10-12H2;3*1,3-4H2,2H3;/t13-,14?,20+;;;;/m1..../s1. The number of aromatic nitrogens is 3. The molecule has 10 heteroatoms. The van der Waals surface area contributed by atoms with E-state index in [2.05, 4.69) is 25.7 Å². The van der Waals surface area contributed by atoms with Gasteiger partial charge in [-0.05, 0) is 0 Å². The Morgan fingerprint density at radius 1 is 1.02 bits per heavy atom. The SMILES string of the molecule is CCC[CH2][Sn]([CH2]CCC)([CH2]CCC)[c]1ncc2c(N3CCCC(O)C3)nc(OC[C@@]34CCCN3C[C@H](F)C4)nc2c1F. The predicted molar refractivity (Wildman–Crippen MR) is 168 cm³/mol. The third-order valence-electron chi connectivity index (χ3n) is 10.1. The van der Waals surface area contributed by atoms with Crippen LogP contribution in [0.4, 0.5) is 14.6 Å². The Morgan fingerprint density at radius 3 is 2.40 bits per heavy atom. The number of pyridine rings is 1. The number of aliphatic hydroxyl groups excluding tert-OH is 1. The Labute approximate surface area is 254 Å². The van der Waals surface area contributed by atoms with Crippen LogP contribution in [0.2, 0.25) is 13.3 Å². The quantitative estimate of drug-likeness (QED) is 0.239. The van der Waals surface area contributed by atoms with Gasteiger partial charge in [-0.1, -0.05) is 0 Å². The Bertz CT molecular complexity index is 1180. The molecule has 0 saturated carbocycles. The molecule has 3 saturated heterocycles.